The van der Waals surface area contributed by atoms with Gasteiger partial charge in [-0.3, -0.25) is 4.57 Å². The van der Waals surface area contributed by atoms with Crippen LogP contribution in [0.4, 0.5) is 4.79 Å². The predicted molar refractivity (Wildman–Crippen MR) is 118 cm³/mol. The van der Waals surface area contributed by atoms with Gasteiger partial charge in [-0.1, -0.05) is 0 Å². The van der Waals surface area contributed by atoms with Crippen molar-refractivity contribution in [2.45, 2.75) is 58.2 Å². The quantitative estimate of drug-likeness (QED) is 0.650. The lowest BCUT2D eigenvalue weighted by Gasteiger charge is -2.34. The summed E-state index contributed by atoms with van der Waals surface area (Å²) in [6.07, 6.45) is 7.78. The minimum Gasteiger partial charge on any atom is -0.444 e. The molecule has 0 saturated carbocycles. The molecule has 1 fully saturated rings. The van der Waals surface area contributed by atoms with Gasteiger partial charge in [0.2, 0.25) is 0 Å². The number of amides is 1. The van der Waals surface area contributed by atoms with Gasteiger partial charge in [0.1, 0.15) is 18.3 Å². The summed E-state index contributed by atoms with van der Waals surface area (Å²) in [4.78, 5) is 17.3. The highest BCUT2D eigenvalue weighted by Gasteiger charge is 2.28. The first-order valence-corrected chi connectivity index (χ1v) is 10.9. The van der Waals surface area contributed by atoms with Crippen LogP contribution in [0.1, 0.15) is 45.6 Å². The lowest BCUT2D eigenvalue weighted by molar-refractivity contribution is 0.0162. The number of carbonyl (C=O) groups excluding carboxylic acids is 1. The number of nitrogens with one attached hydrogen (secondary N) is 1. The number of aromatic nitrogens is 4. The van der Waals surface area contributed by atoms with Gasteiger partial charge in [0, 0.05) is 42.3 Å². The molecule has 0 bridgehead atoms. The van der Waals surface area contributed by atoms with E-state index in [9.17, 15) is 9.90 Å². The zero-order valence-electron chi connectivity index (χ0n) is 18.4. The number of nitrogens with zero attached hydrogens (tertiary/aromatic N) is 4. The molecule has 3 aromatic rings. The van der Waals surface area contributed by atoms with Crippen molar-refractivity contribution in [3.63, 3.8) is 0 Å². The van der Waals surface area contributed by atoms with Crippen molar-refractivity contribution in [2.24, 2.45) is 5.92 Å². The summed E-state index contributed by atoms with van der Waals surface area (Å²) < 4.78 is 7.33. The molecule has 0 radical (unpaired) electrons. The van der Waals surface area contributed by atoms with Crippen molar-refractivity contribution < 1.29 is 14.6 Å². The SMILES string of the molecule is CC(C)(C)OC(=O)N1CCC(CC(O)Cc2c[nH]c3ccc(-n4cnnc4)cc23)CC1. The van der Waals surface area contributed by atoms with E-state index in [0.717, 1.165) is 41.4 Å². The number of likely N-dealkylation sites (tertiary alicyclic amines) is 1. The zero-order chi connectivity index (χ0) is 22.0. The van der Waals surface area contributed by atoms with Crippen molar-refractivity contribution in [3.8, 4) is 5.69 Å². The van der Waals surface area contributed by atoms with Crippen molar-refractivity contribution in [1.82, 2.24) is 24.6 Å². The Morgan fingerprint density at radius 3 is 2.65 bits per heavy atom. The Morgan fingerprint density at radius 2 is 1.97 bits per heavy atom. The molecule has 31 heavy (non-hydrogen) atoms. The number of hydrogen-bond acceptors (Lipinski definition) is 5. The van der Waals surface area contributed by atoms with Crippen LogP contribution in [-0.2, 0) is 11.2 Å². The van der Waals surface area contributed by atoms with Gasteiger partial charge in [0.25, 0.3) is 0 Å². The zero-order valence-corrected chi connectivity index (χ0v) is 18.4. The Kier molecular flexibility index (Phi) is 6.00. The second-order valence-corrected chi connectivity index (χ2v) is 9.42. The summed E-state index contributed by atoms with van der Waals surface area (Å²) in [6, 6.07) is 6.14. The first kappa shape index (κ1) is 21.4. The summed E-state index contributed by atoms with van der Waals surface area (Å²) in [5, 5.41) is 19.6. The molecule has 2 N–H and O–H groups in total. The van der Waals surface area contributed by atoms with E-state index in [1.54, 1.807) is 17.6 Å². The van der Waals surface area contributed by atoms with Crippen molar-refractivity contribution in [1.29, 1.82) is 0 Å². The molecular weight excluding hydrogens is 394 g/mol. The van der Waals surface area contributed by atoms with Crippen LogP contribution in [0.3, 0.4) is 0 Å². The topological polar surface area (TPSA) is 96.3 Å². The van der Waals surface area contributed by atoms with Crippen LogP contribution in [0.5, 0.6) is 0 Å². The lowest BCUT2D eigenvalue weighted by Crippen LogP contribution is -2.42. The highest BCUT2D eigenvalue weighted by molar-refractivity contribution is 5.85. The van der Waals surface area contributed by atoms with Crippen molar-refractivity contribution in [2.75, 3.05) is 13.1 Å². The Balaban J connectivity index is 1.33. The second-order valence-electron chi connectivity index (χ2n) is 9.42. The number of benzene rings is 1. The van der Waals surface area contributed by atoms with Crippen molar-refractivity contribution >= 4 is 17.0 Å². The summed E-state index contributed by atoms with van der Waals surface area (Å²) >= 11 is 0. The Labute approximate surface area is 182 Å². The smallest absolute Gasteiger partial charge is 0.410 e. The Hall–Kier alpha value is -2.87. The van der Waals surface area contributed by atoms with Gasteiger partial charge in [-0.25, -0.2) is 4.79 Å². The molecule has 1 saturated heterocycles. The molecule has 8 heteroatoms. The van der Waals surface area contributed by atoms with Crippen LogP contribution in [-0.4, -0.2) is 60.6 Å². The molecule has 3 heterocycles. The molecule has 1 aliphatic rings. The first-order valence-electron chi connectivity index (χ1n) is 10.9. The fourth-order valence-electron chi connectivity index (χ4n) is 4.23. The number of aliphatic hydroxyl groups is 1. The minimum absolute atomic E-state index is 0.241. The molecule has 166 valence electrons. The van der Waals surface area contributed by atoms with E-state index < -0.39 is 11.7 Å². The average Bonchev–Trinajstić information content (AvgIpc) is 3.37. The lowest BCUT2D eigenvalue weighted by atomic mass is 9.89. The number of H-pyrrole nitrogens is 1. The van der Waals surface area contributed by atoms with Gasteiger partial charge in [-0.15, -0.1) is 10.2 Å². The summed E-state index contributed by atoms with van der Waals surface area (Å²) in [5.41, 5.74) is 2.66. The third-order valence-corrected chi connectivity index (χ3v) is 5.80. The first-order chi connectivity index (χ1) is 14.8. The van der Waals surface area contributed by atoms with E-state index in [1.165, 1.54) is 0 Å². The fraction of sp³-hybridized carbons (Fsp3) is 0.522. The van der Waals surface area contributed by atoms with Crippen LogP contribution in [0.25, 0.3) is 16.6 Å². The number of carbonyl (C=O) groups is 1. The second kappa shape index (κ2) is 8.70. The molecule has 4 rings (SSSR count). The van der Waals surface area contributed by atoms with Gasteiger partial charge in [-0.2, -0.15) is 0 Å². The average molecular weight is 426 g/mol. The summed E-state index contributed by atoms with van der Waals surface area (Å²) in [7, 11) is 0. The van der Waals surface area contributed by atoms with Crippen LogP contribution in [0, 0.1) is 5.92 Å². The molecule has 2 aromatic heterocycles. The fourth-order valence-corrected chi connectivity index (χ4v) is 4.23. The molecule has 8 nitrogen and oxygen atoms in total. The maximum atomic E-state index is 12.2. The summed E-state index contributed by atoms with van der Waals surface area (Å²) in [5.74, 6) is 0.409. The van der Waals surface area contributed by atoms with Gasteiger partial charge in [0.05, 0.1) is 6.10 Å². The molecule has 1 unspecified atom stereocenters. The van der Waals surface area contributed by atoms with Crippen LogP contribution in [0.2, 0.25) is 0 Å². The predicted octanol–water partition coefficient (Wildman–Crippen LogP) is 3.69. The van der Waals surface area contributed by atoms with Gasteiger partial charge < -0.3 is 19.7 Å². The van der Waals surface area contributed by atoms with E-state index in [2.05, 4.69) is 21.2 Å². The number of piperidine rings is 1. The maximum Gasteiger partial charge on any atom is 0.410 e. The standard InChI is InChI=1S/C23H31N5O3/c1-23(2,3)31-22(30)27-8-6-16(7-9-27)10-19(29)11-17-13-24-21-5-4-18(12-20(17)21)28-14-25-26-15-28/h4-5,12-16,19,24,29H,6-11H2,1-3H3. The largest absolute Gasteiger partial charge is 0.444 e. The van der Waals surface area contributed by atoms with E-state index in [-0.39, 0.29) is 6.09 Å². The normalized spacial score (nSPS) is 16.6. The van der Waals surface area contributed by atoms with Crippen LogP contribution in [0.15, 0.2) is 37.1 Å². The maximum absolute atomic E-state index is 12.2. The van der Waals surface area contributed by atoms with Gasteiger partial charge >= 0.3 is 6.09 Å². The molecule has 0 aliphatic carbocycles. The van der Waals surface area contributed by atoms with E-state index in [0.29, 0.717) is 25.4 Å². The van der Waals surface area contributed by atoms with E-state index in [4.69, 9.17) is 4.74 Å². The third kappa shape index (κ3) is 5.25. The molecule has 1 atom stereocenters. The highest BCUT2D eigenvalue weighted by atomic mass is 16.6. The highest BCUT2D eigenvalue weighted by Crippen LogP contribution is 2.27. The number of rotatable bonds is 5. The molecule has 1 amide bonds. The van der Waals surface area contributed by atoms with Gasteiger partial charge in [-0.05, 0) is 69.7 Å². The molecule has 0 spiro atoms. The third-order valence-electron chi connectivity index (χ3n) is 5.80. The number of ether oxygens (including phenoxy) is 1. The Bertz CT molecular complexity index is 1010. The molecule has 1 aliphatic heterocycles. The minimum atomic E-state index is -0.475. The van der Waals surface area contributed by atoms with Crippen molar-refractivity contribution in [3.05, 3.63) is 42.6 Å². The number of fused-ring (bicyclic) bond motifs is 1. The monoisotopic (exact) mass is 425 g/mol. The van der Waals surface area contributed by atoms with E-state index >= 15 is 0 Å². The number of hydrogen-bond donors (Lipinski definition) is 2. The van der Waals surface area contributed by atoms with Crippen LogP contribution < -0.4 is 0 Å². The molecule has 1 aromatic carbocycles. The van der Waals surface area contributed by atoms with E-state index in [1.807, 2.05) is 43.7 Å². The number of aromatic amines is 1. The van der Waals surface area contributed by atoms with Crippen LogP contribution >= 0.6 is 0 Å². The summed E-state index contributed by atoms with van der Waals surface area (Å²) in [6.45, 7) is 7.01. The molecular formula is C23H31N5O3. The van der Waals surface area contributed by atoms with Gasteiger partial charge in [0.15, 0.2) is 0 Å². The Morgan fingerprint density at radius 1 is 1.26 bits per heavy atom. The number of aliphatic hydroxyl groups excluding tert-OH is 1.